The summed E-state index contributed by atoms with van der Waals surface area (Å²) < 4.78 is 6.83. The largest absolute Gasteiger partial charge is 0.497 e. The number of thiazole rings is 1. The molecule has 0 aliphatic carbocycles. The summed E-state index contributed by atoms with van der Waals surface area (Å²) in [7, 11) is 1.64. The molecule has 5 aromatic rings. The van der Waals surface area contributed by atoms with Gasteiger partial charge in [0.25, 0.3) is 0 Å². The van der Waals surface area contributed by atoms with Crippen molar-refractivity contribution in [1.29, 1.82) is 0 Å². The molecule has 2 N–H and O–H groups in total. The van der Waals surface area contributed by atoms with Gasteiger partial charge in [0, 0.05) is 16.5 Å². The second-order valence-electron chi connectivity index (χ2n) is 6.86. The van der Waals surface area contributed by atoms with Gasteiger partial charge in [0.15, 0.2) is 17.2 Å². The molecule has 0 fully saturated rings. The first-order valence-electron chi connectivity index (χ1n) is 9.31. The number of hydrogen-bond donors (Lipinski definition) is 1. The molecular weight excluding hydrogens is 396 g/mol. The number of benzene rings is 2. The SMILES string of the molecule is COc1ccc(-c2cnn3c(N)c(-c4nc(-c5ccc(C)cc5)cs4)nnc23)cc1. The van der Waals surface area contributed by atoms with Gasteiger partial charge in [-0.1, -0.05) is 42.0 Å². The number of anilines is 1. The van der Waals surface area contributed by atoms with Crippen LogP contribution in [0.4, 0.5) is 5.82 Å². The molecule has 0 amide bonds. The van der Waals surface area contributed by atoms with Crippen LogP contribution in [0, 0.1) is 6.92 Å². The Morgan fingerprint density at radius 2 is 1.70 bits per heavy atom. The van der Waals surface area contributed by atoms with Crippen molar-refractivity contribution in [3.05, 3.63) is 65.7 Å². The predicted octanol–water partition coefficient (Wildman–Crippen LogP) is 4.48. The van der Waals surface area contributed by atoms with Crippen LogP contribution in [0.5, 0.6) is 5.75 Å². The third-order valence-corrected chi connectivity index (χ3v) is 5.76. The molecule has 2 aromatic carbocycles. The summed E-state index contributed by atoms with van der Waals surface area (Å²) in [6.07, 6.45) is 1.74. The fraction of sp³-hybridized carbons (Fsp3) is 0.0909. The molecule has 0 spiro atoms. The fourth-order valence-corrected chi connectivity index (χ4v) is 4.05. The van der Waals surface area contributed by atoms with E-state index in [0.717, 1.165) is 28.1 Å². The number of methoxy groups -OCH3 is 1. The molecule has 0 unspecified atom stereocenters. The molecule has 5 rings (SSSR count). The highest BCUT2D eigenvalue weighted by molar-refractivity contribution is 7.13. The lowest BCUT2D eigenvalue weighted by molar-refractivity contribution is 0.415. The molecular formula is C22H18N6OS. The van der Waals surface area contributed by atoms with E-state index in [0.29, 0.717) is 22.2 Å². The summed E-state index contributed by atoms with van der Waals surface area (Å²) >= 11 is 1.48. The summed E-state index contributed by atoms with van der Waals surface area (Å²) in [4.78, 5) is 4.71. The number of aromatic nitrogens is 5. The minimum absolute atomic E-state index is 0.407. The van der Waals surface area contributed by atoms with Crippen LogP contribution in [0.1, 0.15) is 5.56 Å². The van der Waals surface area contributed by atoms with Crippen molar-refractivity contribution in [3.8, 4) is 38.8 Å². The molecule has 0 saturated heterocycles. The number of hydrogen-bond acceptors (Lipinski definition) is 7. The van der Waals surface area contributed by atoms with E-state index in [9.17, 15) is 0 Å². The number of fused-ring (bicyclic) bond motifs is 1. The molecule has 0 saturated carbocycles. The normalized spacial score (nSPS) is 11.1. The van der Waals surface area contributed by atoms with E-state index in [1.807, 2.05) is 29.6 Å². The van der Waals surface area contributed by atoms with Crippen LogP contribution < -0.4 is 10.5 Å². The first kappa shape index (κ1) is 18.3. The smallest absolute Gasteiger partial charge is 0.187 e. The summed E-state index contributed by atoms with van der Waals surface area (Å²) in [5.74, 6) is 1.20. The van der Waals surface area contributed by atoms with E-state index in [1.54, 1.807) is 17.8 Å². The number of nitrogens with two attached hydrogens (primary N) is 1. The quantitative estimate of drug-likeness (QED) is 0.466. The average molecular weight is 414 g/mol. The van der Waals surface area contributed by atoms with Gasteiger partial charge in [0.1, 0.15) is 10.8 Å². The maximum Gasteiger partial charge on any atom is 0.187 e. The van der Waals surface area contributed by atoms with Gasteiger partial charge in [0.05, 0.1) is 19.0 Å². The Morgan fingerprint density at radius 1 is 0.967 bits per heavy atom. The van der Waals surface area contributed by atoms with Crippen LogP contribution in [0.2, 0.25) is 0 Å². The van der Waals surface area contributed by atoms with Crippen molar-refractivity contribution < 1.29 is 4.74 Å². The van der Waals surface area contributed by atoms with Gasteiger partial charge in [-0.3, -0.25) is 0 Å². The number of aryl methyl sites for hydroxylation is 1. The van der Waals surface area contributed by atoms with E-state index in [-0.39, 0.29) is 0 Å². The number of rotatable bonds is 4. The zero-order valence-corrected chi connectivity index (χ0v) is 17.2. The van der Waals surface area contributed by atoms with Crippen molar-refractivity contribution in [2.75, 3.05) is 12.8 Å². The number of nitrogen functional groups attached to an aromatic ring is 1. The van der Waals surface area contributed by atoms with E-state index in [4.69, 9.17) is 15.5 Å². The van der Waals surface area contributed by atoms with Gasteiger partial charge < -0.3 is 10.5 Å². The first-order valence-corrected chi connectivity index (χ1v) is 10.2. The maximum atomic E-state index is 6.40. The Morgan fingerprint density at radius 3 is 2.43 bits per heavy atom. The summed E-state index contributed by atoms with van der Waals surface area (Å²) in [5, 5.41) is 15.9. The summed E-state index contributed by atoms with van der Waals surface area (Å²) in [6.45, 7) is 2.06. The molecule has 148 valence electrons. The van der Waals surface area contributed by atoms with Crippen LogP contribution in [-0.2, 0) is 0 Å². The highest BCUT2D eigenvalue weighted by Gasteiger charge is 2.18. The molecule has 30 heavy (non-hydrogen) atoms. The van der Waals surface area contributed by atoms with E-state index in [1.165, 1.54) is 16.9 Å². The molecule has 3 aromatic heterocycles. The average Bonchev–Trinajstić information content (AvgIpc) is 3.43. The standard InChI is InChI=1S/C22H18N6OS/c1-13-3-5-15(6-4-13)18-12-30-22(25-18)19-20(23)28-21(27-26-19)17(11-24-28)14-7-9-16(29-2)10-8-14/h3-12H,23H2,1-2H3. The summed E-state index contributed by atoms with van der Waals surface area (Å²) in [6, 6.07) is 15.9. The topological polar surface area (TPSA) is 91.2 Å². The second-order valence-corrected chi connectivity index (χ2v) is 7.72. The van der Waals surface area contributed by atoms with Crippen LogP contribution in [0.15, 0.2) is 60.1 Å². The Balaban J connectivity index is 1.54. The van der Waals surface area contributed by atoms with E-state index >= 15 is 0 Å². The molecule has 0 bridgehead atoms. The highest BCUT2D eigenvalue weighted by Crippen LogP contribution is 2.32. The lowest BCUT2D eigenvalue weighted by Gasteiger charge is -2.05. The van der Waals surface area contributed by atoms with Gasteiger partial charge in [0.2, 0.25) is 0 Å². The Labute approximate surface area is 176 Å². The second kappa shape index (κ2) is 7.23. The van der Waals surface area contributed by atoms with Crippen molar-refractivity contribution in [3.63, 3.8) is 0 Å². The van der Waals surface area contributed by atoms with Gasteiger partial charge in [-0.2, -0.15) is 9.61 Å². The van der Waals surface area contributed by atoms with Gasteiger partial charge >= 0.3 is 0 Å². The van der Waals surface area contributed by atoms with Crippen molar-refractivity contribution in [1.82, 2.24) is 24.8 Å². The van der Waals surface area contributed by atoms with Gasteiger partial charge in [-0.25, -0.2) is 4.98 Å². The molecule has 0 atom stereocenters. The van der Waals surface area contributed by atoms with Crippen LogP contribution in [0.3, 0.4) is 0 Å². The monoisotopic (exact) mass is 414 g/mol. The van der Waals surface area contributed by atoms with Crippen LogP contribution in [-0.4, -0.2) is 31.9 Å². The lowest BCUT2D eigenvalue weighted by Crippen LogP contribution is -2.05. The molecule has 8 heteroatoms. The Hall–Kier alpha value is -3.78. The van der Waals surface area contributed by atoms with E-state index < -0.39 is 0 Å². The minimum Gasteiger partial charge on any atom is -0.497 e. The zero-order valence-electron chi connectivity index (χ0n) is 16.4. The van der Waals surface area contributed by atoms with Crippen molar-refractivity contribution in [2.24, 2.45) is 0 Å². The molecule has 0 radical (unpaired) electrons. The first-order chi connectivity index (χ1) is 14.6. The Bertz CT molecular complexity index is 1340. The van der Waals surface area contributed by atoms with Crippen LogP contribution >= 0.6 is 11.3 Å². The lowest BCUT2D eigenvalue weighted by atomic mass is 10.1. The highest BCUT2D eigenvalue weighted by atomic mass is 32.1. The molecule has 3 heterocycles. The zero-order chi connectivity index (χ0) is 20.7. The molecule has 0 aliphatic heterocycles. The number of ether oxygens (including phenoxy) is 1. The van der Waals surface area contributed by atoms with Crippen molar-refractivity contribution >= 4 is 22.8 Å². The Kier molecular flexibility index (Phi) is 4.40. The van der Waals surface area contributed by atoms with Crippen molar-refractivity contribution in [2.45, 2.75) is 6.92 Å². The predicted molar refractivity (Wildman–Crippen MR) is 118 cm³/mol. The molecule has 0 aliphatic rings. The van der Waals surface area contributed by atoms with Crippen LogP contribution in [0.25, 0.3) is 38.7 Å². The van der Waals surface area contributed by atoms with Gasteiger partial charge in [-0.15, -0.1) is 21.5 Å². The number of nitrogens with zero attached hydrogens (tertiary/aromatic N) is 5. The van der Waals surface area contributed by atoms with Gasteiger partial charge in [-0.05, 0) is 24.6 Å². The minimum atomic E-state index is 0.407. The fourth-order valence-electron chi connectivity index (χ4n) is 3.23. The van der Waals surface area contributed by atoms with E-state index in [2.05, 4.69) is 46.5 Å². The third-order valence-electron chi connectivity index (χ3n) is 4.91. The summed E-state index contributed by atoms with van der Waals surface area (Å²) in [5.41, 5.74) is 12.5. The maximum absolute atomic E-state index is 6.40. The third kappa shape index (κ3) is 3.07. The molecule has 7 nitrogen and oxygen atoms in total.